The Morgan fingerprint density at radius 1 is 1.41 bits per heavy atom. The van der Waals surface area contributed by atoms with Gasteiger partial charge in [0.05, 0.1) is 11.6 Å². The Hall–Kier alpha value is -1.98. The van der Waals surface area contributed by atoms with Gasteiger partial charge < -0.3 is 19.9 Å². The first kappa shape index (κ1) is 16.4. The van der Waals surface area contributed by atoms with Gasteiger partial charge in [-0.2, -0.15) is 0 Å². The van der Waals surface area contributed by atoms with Gasteiger partial charge in [0, 0.05) is 24.0 Å². The van der Waals surface area contributed by atoms with Crippen LogP contribution in [0.1, 0.15) is 54.5 Å². The maximum atomic E-state index is 12.3. The smallest absolute Gasteiger partial charge is 0.340 e. The van der Waals surface area contributed by atoms with Crippen LogP contribution < -0.4 is 5.73 Å². The lowest BCUT2D eigenvalue weighted by molar-refractivity contribution is 0.0421. The van der Waals surface area contributed by atoms with E-state index in [4.69, 9.17) is 10.5 Å². The van der Waals surface area contributed by atoms with Gasteiger partial charge in [-0.05, 0) is 46.6 Å². The number of carbonyl (C=O) groups is 2. The summed E-state index contributed by atoms with van der Waals surface area (Å²) in [5, 5.41) is 0. The van der Waals surface area contributed by atoms with E-state index in [2.05, 4.69) is 18.4 Å². The van der Waals surface area contributed by atoms with E-state index in [1.807, 2.05) is 19.9 Å². The van der Waals surface area contributed by atoms with E-state index >= 15 is 0 Å². The molecule has 1 aliphatic heterocycles. The Balaban J connectivity index is 2.04. The highest BCUT2D eigenvalue weighted by Crippen LogP contribution is 2.22. The summed E-state index contributed by atoms with van der Waals surface area (Å²) in [7, 11) is 0. The minimum absolute atomic E-state index is 0.102. The lowest BCUT2D eigenvalue weighted by Crippen LogP contribution is -2.42. The van der Waals surface area contributed by atoms with Crippen LogP contribution in [0.25, 0.3) is 0 Å². The summed E-state index contributed by atoms with van der Waals surface area (Å²) in [5.74, 6) is -0.337. The number of likely N-dealkylation sites (tertiary alicyclic amines) is 1. The molecule has 2 rings (SSSR count). The van der Waals surface area contributed by atoms with Gasteiger partial charge >= 0.3 is 12.0 Å². The summed E-state index contributed by atoms with van der Waals surface area (Å²) in [6.07, 6.45) is 1.72. The maximum absolute atomic E-state index is 12.3. The maximum Gasteiger partial charge on any atom is 0.340 e. The zero-order valence-corrected chi connectivity index (χ0v) is 13.8. The van der Waals surface area contributed by atoms with Crippen LogP contribution in [0.3, 0.4) is 0 Å². The number of nitrogens with zero attached hydrogens (tertiary/aromatic N) is 2. The molecule has 2 amide bonds. The zero-order chi connectivity index (χ0) is 16.4. The molecule has 1 unspecified atom stereocenters. The number of carbonyl (C=O) groups excluding carboxylic acids is 2. The van der Waals surface area contributed by atoms with Crippen LogP contribution in [0.2, 0.25) is 0 Å². The largest absolute Gasteiger partial charge is 0.460 e. The predicted molar refractivity (Wildman–Crippen MR) is 83.9 cm³/mol. The monoisotopic (exact) mass is 307 g/mol. The fourth-order valence-corrected chi connectivity index (χ4v) is 3.33. The van der Waals surface area contributed by atoms with Crippen molar-refractivity contribution in [3.8, 4) is 0 Å². The molecule has 1 aromatic heterocycles. The SMILES string of the molecule is Cc1cc(C(=O)OCC2CCCN2C(N)=O)c(C)n1C(C)C. The first-order valence-electron chi connectivity index (χ1n) is 7.74. The molecule has 1 aliphatic rings. The number of aromatic nitrogens is 1. The van der Waals surface area contributed by atoms with Gasteiger partial charge in [0.1, 0.15) is 6.61 Å². The minimum Gasteiger partial charge on any atom is -0.460 e. The molecule has 0 radical (unpaired) electrons. The summed E-state index contributed by atoms with van der Waals surface area (Å²) in [6.45, 7) is 8.91. The van der Waals surface area contributed by atoms with Crippen molar-refractivity contribution < 1.29 is 14.3 Å². The molecule has 6 heteroatoms. The number of rotatable bonds is 4. The number of hydrogen-bond donors (Lipinski definition) is 1. The van der Waals surface area contributed by atoms with Crippen LogP contribution >= 0.6 is 0 Å². The summed E-state index contributed by atoms with van der Waals surface area (Å²) in [4.78, 5) is 25.2. The van der Waals surface area contributed by atoms with Crippen molar-refractivity contribution in [3.05, 3.63) is 23.0 Å². The van der Waals surface area contributed by atoms with Crippen LogP contribution in [0.15, 0.2) is 6.07 Å². The van der Waals surface area contributed by atoms with Gasteiger partial charge in [-0.1, -0.05) is 0 Å². The van der Waals surface area contributed by atoms with E-state index in [1.165, 1.54) is 0 Å². The molecule has 1 atom stereocenters. The Morgan fingerprint density at radius 2 is 2.09 bits per heavy atom. The van der Waals surface area contributed by atoms with E-state index in [1.54, 1.807) is 4.90 Å². The van der Waals surface area contributed by atoms with Crippen LogP contribution in [-0.2, 0) is 4.74 Å². The number of esters is 1. The standard InChI is InChI=1S/C16H25N3O3/c1-10(2)19-11(3)8-14(12(19)4)15(20)22-9-13-6-5-7-18(13)16(17)21/h8,10,13H,5-7,9H2,1-4H3,(H2,17,21). The molecule has 2 N–H and O–H groups in total. The summed E-state index contributed by atoms with van der Waals surface area (Å²) < 4.78 is 7.53. The van der Waals surface area contributed by atoms with Crippen molar-refractivity contribution in [1.29, 1.82) is 0 Å². The lowest BCUT2D eigenvalue weighted by atomic mass is 10.2. The second kappa shape index (κ2) is 6.42. The second-order valence-electron chi connectivity index (χ2n) is 6.17. The van der Waals surface area contributed by atoms with E-state index in [-0.39, 0.29) is 18.6 Å². The molecule has 6 nitrogen and oxygen atoms in total. The molecular formula is C16H25N3O3. The molecule has 0 bridgehead atoms. The third kappa shape index (κ3) is 3.10. The van der Waals surface area contributed by atoms with Gasteiger partial charge in [0.25, 0.3) is 0 Å². The van der Waals surface area contributed by atoms with Gasteiger partial charge in [-0.3, -0.25) is 0 Å². The third-order valence-electron chi connectivity index (χ3n) is 4.29. The van der Waals surface area contributed by atoms with Gasteiger partial charge in [-0.15, -0.1) is 0 Å². The number of amides is 2. The average Bonchev–Trinajstić information content (AvgIpc) is 3.00. The molecule has 0 aliphatic carbocycles. The molecule has 2 heterocycles. The third-order valence-corrected chi connectivity index (χ3v) is 4.29. The topological polar surface area (TPSA) is 77.6 Å². The Morgan fingerprint density at radius 3 is 2.64 bits per heavy atom. The average molecular weight is 307 g/mol. The zero-order valence-electron chi connectivity index (χ0n) is 13.8. The number of primary amides is 1. The van der Waals surface area contributed by atoms with E-state index < -0.39 is 6.03 Å². The molecule has 0 saturated carbocycles. The number of urea groups is 1. The van der Waals surface area contributed by atoms with Crippen molar-refractivity contribution in [2.75, 3.05) is 13.2 Å². The molecule has 0 spiro atoms. The molecule has 122 valence electrons. The number of ether oxygens (including phenoxy) is 1. The van der Waals surface area contributed by atoms with Crippen molar-refractivity contribution in [1.82, 2.24) is 9.47 Å². The van der Waals surface area contributed by atoms with Gasteiger partial charge in [0.2, 0.25) is 0 Å². The first-order valence-corrected chi connectivity index (χ1v) is 7.74. The highest BCUT2D eigenvalue weighted by molar-refractivity contribution is 5.91. The molecule has 22 heavy (non-hydrogen) atoms. The van der Waals surface area contributed by atoms with Gasteiger partial charge in [-0.25, -0.2) is 9.59 Å². The quantitative estimate of drug-likeness (QED) is 0.868. The Labute approximate surface area is 131 Å². The molecule has 0 aromatic carbocycles. The summed E-state index contributed by atoms with van der Waals surface area (Å²) >= 11 is 0. The van der Waals surface area contributed by atoms with Crippen LogP contribution in [0.5, 0.6) is 0 Å². The molecule has 1 saturated heterocycles. The van der Waals surface area contributed by atoms with E-state index in [0.29, 0.717) is 18.2 Å². The molecular weight excluding hydrogens is 282 g/mol. The van der Waals surface area contributed by atoms with Crippen molar-refractivity contribution in [2.24, 2.45) is 5.73 Å². The highest BCUT2D eigenvalue weighted by atomic mass is 16.5. The van der Waals surface area contributed by atoms with Crippen LogP contribution in [0.4, 0.5) is 4.79 Å². The number of hydrogen-bond acceptors (Lipinski definition) is 3. The van der Waals surface area contributed by atoms with Crippen LogP contribution in [-0.4, -0.2) is 40.7 Å². The number of nitrogens with two attached hydrogens (primary N) is 1. The van der Waals surface area contributed by atoms with Crippen molar-refractivity contribution in [3.63, 3.8) is 0 Å². The summed E-state index contributed by atoms with van der Waals surface area (Å²) in [5.41, 5.74) is 7.88. The predicted octanol–water partition coefficient (Wildman–Crippen LogP) is 2.39. The van der Waals surface area contributed by atoms with Crippen molar-refractivity contribution in [2.45, 2.75) is 52.6 Å². The lowest BCUT2D eigenvalue weighted by Gasteiger charge is -2.22. The fourth-order valence-electron chi connectivity index (χ4n) is 3.33. The van der Waals surface area contributed by atoms with Crippen LogP contribution in [0, 0.1) is 13.8 Å². The Bertz CT molecular complexity index is 577. The normalized spacial score (nSPS) is 18.0. The van der Waals surface area contributed by atoms with E-state index in [0.717, 1.165) is 24.2 Å². The fraction of sp³-hybridized carbons (Fsp3) is 0.625. The van der Waals surface area contributed by atoms with E-state index in [9.17, 15) is 9.59 Å². The molecule has 1 aromatic rings. The first-order chi connectivity index (χ1) is 10.3. The number of aryl methyl sites for hydroxylation is 1. The Kier molecular flexibility index (Phi) is 4.78. The summed E-state index contributed by atoms with van der Waals surface area (Å²) in [6, 6.07) is 1.60. The molecule has 1 fully saturated rings. The van der Waals surface area contributed by atoms with Gasteiger partial charge in [0.15, 0.2) is 0 Å². The minimum atomic E-state index is -0.448. The highest BCUT2D eigenvalue weighted by Gasteiger charge is 2.29. The second-order valence-corrected chi connectivity index (χ2v) is 6.17. The van der Waals surface area contributed by atoms with Crippen molar-refractivity contribution >= 4 is 12.0 Å².